The fourth-order valence-electron chi connectivity index (χ4n) is 2.35. The van der Waals surface area contributed by atoms with Gasteiger partial charge in [0, 0.05) is 12.7 Å². The number of nitrogens with one attached hydrogen (secondary N) is 1. The maximum absolute atomic E-state index is 12.2. The molecule has 2 aromatic heterocycles. The second-order valence-corrected chi connectivity index (χ2v) is 5.11. The molecule has 0 atom stereocenters. The van der Waals surface area contributed by atoms with Crippen LogP contribution in [0.15, 0.2) is 36.7 Å². The van der Waals surface area contributed by atoms with E-state index < -0.39 is 12.3 Å². The lowest BCUT2D eigenvalue weighted by Gasteiger charge is -2.10. The summed E-state index contributed by atoms with van der Waals surface area (Å²) in [5.41, 5.74) is 6.55. The number of hydrogen-bond acceptors (Lipinski definition) is 5. The van der Waals surface area contributed by atoms with Gasteiger partial charge in [-0.3, -0.25) is 4.79 Å². The highest BCUT2D eigenvalue weighted by Crippen LogP contribution is 2.28. The third-order valence-corrected chi connectivity index (χ3v) is 3.43. The van der Waals surface area contributed by atoms with Crippen LogP contribution in [0.25, 0.3) is 11.0 Å². The van der Waals surface area contributed by atoms with Crippen LogP contribution < -0.4 is 15.8 Å². The number of rotatable bonds is 4. The number of ether oxygens (including phenoxy) is 1. The lowest BCUT2D eigenvalue weighted by molar-refractivity contribution is -0.274. The Bertz CT molecular complexity index is 935. The summed E-state index contributed by atoms with van der Waals surface area (Å²) in [7, 11) is 1.64. The number of amides is 1. The SMILES string of the molecule is Cn1c(C(N)=O)cc2c(Nc3ccc(OC(F)(F)F)cc3)ncnc21. The van der Waals surface area contributed by atoms with E-state index in [9.17, 15) is 18.0 Å². The number of hydrogen-bond donors (Lipinski definition) is 2. The van der Waals surface area contributed by atoms with Crippen molar-refractivity contribution in [3.63, 3.8) is 0 Å². The summed E-state index contributed by atoms with van der Waals surface area (Å²) in [6, 6.07) is 6.71. The molecule has 130 valence electrons. The van der Waals surface area contributed by atoms with Crippen LogP contribution in [0.1, 0.15) is 10.5 Å². The molecule has 7 nitrogen and oxygen atoms in total. The van der Waals surface area contributed by atoms with Crippen LogP contribution in [-0.2, 0) is 7.05 Å². The van der Waals surface area contributed by atoms with E-state index in [1.807, 2.05) is 0 Å². The summed E-state index contributed by atoms with van der Waals surface area (Å²) >= 11 is 0. The third kappa shape index (κ3) is 3.47. The van der Waals surface area contributed by atoms with Crippen molar-refractivity contribution in [3.8, 4) is 5.75 Å². The minimum atomic E-state index is -4.75. The summed E-state index contributed by atoms with van der Waals surface area (Å²) in [4.78, 5) is 19.6. The Hall–Kier alpha value is -3.30. The molecule has 0 saturated heterocycles. The van der Waals surface area contributed by atoms with E-state index in [1.54, 1.807) is 13.1 Å². The van der Waals surface area contributed by atoms with Crippen LogP contribution >= 0.6 is 0 Å². The molecule has 0 fully saturated rings. The van der Waals surface area contributed by atoms with Gasteiger partial charge in [-0.1, -0.05) is 0 Å². The molecule has 1 aromatic carbocycles. The van der Waals surface area contributed by atoms with Crippen LogP contribution in [0.2, 0.25) is 0 Å². The number of fused-ring (bicyclic) bond motifs is 1. The Morgan fingerprint density at radius 2 is 1.92 bits per heavy atom. The van der Waals surface area contributed by atoms with Gasteiger partial charge in [-0.05, 0) is 30.3 Å². The van der Waals surface area contributed by atoms with Gasteiger partial charge in [0.1, 0.15) is 29.2 Å². The first-order valence-electron chi connectivity index (χ1n) is 6.97. The fraction of sp³-hybridized carbons (Fsp3) is 0.133. The van der Waals surface area contributed by atoms with Crippen LogP contribution in [0.3, 0.4) is 0 Å². The molecule has 25 heavy (non-hydrogen) atoms. The van der Waals surface area contributed by atoms with E-state index >= 15 is 0 Å². The minimum Gasteiger partial charge on any atom is -0.406 e. The second-order valence-electron chi connectivity index (χ2n) is 5.11. The van der Waals surface area contributed by atoms with Gasteiger partial charge < -0.3 is 20.4 Å². The predicted molar refractivity (Wildman–Crippen MR) is 83.4 cm³/mol. The zero-order chi connectivity index (χ0) is 18.2. The molecule has 3 aromatic rings. The summed E-state index contributed by atoms with van der Waals surface area (Å²) in [6.07, 6.45) is -3.44. The normalized spacial score (nSPS) is 11.5. The number of alkyl halides is 3. The molecule has 0 aliphatic heterocycles. The van der Waals surface area contributed by atoms with Gasteiger partial charge in [-0.2, -0.15) is 0 Å². The number of primary amides is 1. The van der Waals surface area contributed by atoms with Crippen molar-refractivity contribution >= 4 is 28.4 Å². The number of carbonyl (C=O) groups excluding carboxylic acids is 1. The molecule has 1 amide bonds. The highest BCUT2D eigenvalue weighted by Gasteiger charge is 2.30. The van der Waals surface area contributed by atoms with Gasteiger partial charge in [0.2, 0.25) is 0 Å². The Balaban J connectivity index is 1.90. The van der Waals surface area contributed by atoms with Crippen molar-refractivity contribution in [3.05, 3.63) is 42.4 Å². The second kappa shape index (κ2) is 5.96. The first-order valence-corrected chi connectivity index (χ1v) is 6.97. The number of nitrogens with two attached hydrogens (primary N) is 1. The number of benzene rings is 1. The van der Waals surface area contributed by atoms with Crippen molar-refractivity contribution in [2.45, 2.75) is 6.36 Å². The van der Waals surface area contributed by atoms with Gasteiger partial charge in [0.05, 0.1) is 5.39 Å². The molecular weight excluding hydrogens is 339 g/mol. The number of halogens is 3. The molecule has 3 N–H and O–H groups in total. The molecule has 2 heterocycles. The summed E-state index contributed by atoms with van der Waals surface area (Å²) in [5.74, 6) is -0.556. The molecule has 0 spiro atoms. The van der Waals surface area contributed by atoms with Gasteiger partial charge in [-0.15, -0.1) is 13.2 Å². The van der Waals surface area contributed by atoms with E-state index in [4.69, 9.17) is 5.73 Å². The number of aromatic nitrogens is 3. The predicted octanol–water partition coefficient (Wildman–Crippen LogP) is 2.71. The smallest absolute Gasteiger partial charge is 0.406 e. The Kier molecular flexibility index (Phi) is 3.95. The molecule has 0 unspecified atom stereocenters. The average Bonchev–Trinajstić information content (AvgIpc) is 2.86. The number of aryl methyl sites for hydroxylation is 1. The number of carbonyl (C=O) groups is 1. The Morgan fingerprint density at radius 1 is 1.24 bits per heavy atom. The third-order valence-electron chi connectivity index (χ3n) is 3.43. The Morgan fingerprint density at radius 3 is 2.52 bits per heavy atom. The first-order chi connectivity index (χ1) is 11.7. The van der Waals surface area contributed by atoms with Gasteiger partial charge in [0.15, 0.2) is 0 Å². The van der Waals surface area contributed by atoms with Crippen molar-refractivity contribution < 1.29 is 22.7 Å². The molecule has 3 rings (SSSR count). The van der Waals surface area contributed by atoms with E-state index in [1.165, 1.54) is 35.2 Å². The minimum absolute atomic E-state index is 0.257. The first kappa shape index (κ1) is 16.6. The maximum Gasteiger partial charge on any atom is 0.573 e. The molecule has 0 saturated carbocycles. The largest absolute Gasteiger partial charge is 0.573 e. The molecule has 0 aliphatic rings. The molecule has 0 bridgehead atoms. The number of nitrogens with zero attached hydrogens (tertiary/aromatic N) is 3. The summed E-state index contributed by atoms with van der Waals surface area (Å²) < 4.78 is 41.9. The molecule has 10 heteroatoms. The highest BCUT2D eigenvalue weighted by molar-refractivity contribution is 6.00. The van der Waals surface area contributed by atoms with E-state index in [0.29, 0.717) is 22.5 Å². The summed E-state index contributed by atoms with van der Waals surface area (Å²) in [5, 5.41) is 3.51. The maximum atomic E-state index is 12.2. The van der Waals surface area contributed by atoms with Crippen LogP contribution in [0.5, 0.6) is 5.75 Å². The summed E-state index contributed by atoms with van der Waals surface area (Å²) in [6.45, 7) is 0. The standard InChI is InChI=1S/C15H12F3N5O2/c1-23-11(12(19)24)6-10-13(20-7-21-14(10)23)22-8-2-4-9(5-3-8)25-15(16,17)18/h2-7H,1H3,(H2,19,24)(H,20,21,22). The van der Waals surface area contributed by atoms with Crippen molar-refractivity contribution in [1.29, 1.82) is 0 Å². The molecular formula is C15H12F3N5O2. The van der Waals surface area contributed by atoms with Crippen molar-refractivity contribution in [2.75, 3.05) is 5.32 Å². The van der Waals surface area contributed by atoms with Crippen LogP contribution in [0, 0.1) is 0 Å². The van der Waals surface area contributed by atoms with E-state index in [2.05, 4.69) is 20.0 Å². The van der Waals surface area contributed by atoms with Crippen molar-refractivity contribution in [1.82, 2.24) is 14.5 Å². The van der Waals surface area contributed by atoms with Crippen LogP contribution in [-0.4, -0.2) is 26.8 Å². The van der Waals surface area contributed by atoms with E-state index in [0.717, 1.165) is 0 Å². The number of anilines is 2. The lowest BCUT2D eigenvalue weighted by Crippen LogP contribution is -2.16. The van der Waals surface area contributed by atoms with Gasteiger partial charge in [-0.25, -0.2) is 9.97 Å². The average molecular weight is 351 g/mol. The van der Waals surface area contributed by atoms with E-state index in [-0.39, 0.29) is 11.4 Å². The quantitative estimate of drug-likeness (QED) is 0.754. The monoisotopic (exact) mass is 351 g/mol. The highest BCUT2D eigenvalue weighted by atomic mass is 19.4. The topological polar surface area (TPSA) is 95.1 Å². The van der Waals surface area contributed by atoms with Gasteiger partial charge >= 0.3 is 6.36 Å². The zero-order valence-electron chi connectivity index (χ0n) is 12.8. The lowest BCUT2D eigenvalue weighted by atomic mass is 10.3. The fourth-order valence-corrected chi connectivity index (χ4v) is 2.35. The Labute approximate surface area is 139 Å². The zero-order valence-corrected chi connectivity index (χ0v) is 12.8. The molecule has 0 aliphatic carbocycles. The van der Waals surface area contributed by atoms with Crippen molar-refractivity contribution in [2.24, 2.45) is 12.8 Å². The van der Waals surface area contributed by atoms with Crippen LogP contribution in [0.4, 0.5) is 24.7 Å². The van der Waals surface area contributed by atoms with Gasteiger partial charge in [0.25, 0.3) is 5.91 Å². The molecule has 0 radical (unpaired) electrons.